The molecule has 1 aromatic heterocycles. The number of amides is 1. The number of nitrogens with one attached hydrogen (secondary N) is 1. The number of likely N-dealkylation sites (N-methyl/N-ethyl adjacent to an activating group) is 1. The molecule has 1 aromatic rings. The fraction of sp³-hybridized carbons (Fsp3) is 0.706. The first kappa shape index (κ1) is 17.4. The standard InChI is InChI=1S/C17H29N3OS/c1-4-14(5-2)17(21)18-12-16(15-6-11-22-13-15)20-9-7-19(3)8-10-20/h6,11,13-14,16H,4-5,7-10,12H2,1-3H3,(H,18,21)/t16-/m0/s1. The van der Waals surface area contributed by atoms with Crippen molar-refractivity contribution in [1.29, 1.82) is 0 Å². The molecule has 4 nitrogen and oxygen atoms in total. The Kier molecular flexibility index (Phi) is 6.86. The van der Waals surface area contributed by atoms with Crippen LogP contribution in [-0.2, 0) is 4.79 Å². The molecule has 1 N–H and O–H groups in total. The first-order valence-electron chi connectivity index (χ1n) is 8.38. The largest absolute Gasteiger partial charge is 0.354 e. The van der Waals surface area contributed by atoms with Crippen LogP contribution in [-0.4, -0.2) is 55.5 Å². The highest BCUT2D eigenvalue weighted by Gasteiger charge is 2.25. The number of rotatable bonds is 7. The second kappa shape index (κ2) is 8.65. The van der Waals surface area contributed by atoms with Gasteiger partial charge in [0.15, 0.2) is 0 Å². The number of thiophene rings is 1. The van der Waals surface area contributed by atoms with E-state index < -0.39 is 0 Å². The van der Waals surface area contributed by atoms with Gasteiger partial charge in [0.25, 0.3) is 0 Å². The predicted octanol–water partition coefficient (Wildman–Crippen LogP) is 2.59. The molecule has 0 bridgehead atoms. The quantitative estimate of drug-likeness (QED) is 0.838. The number of hydrogen-bond acceptors (Lipinski definition) is 4. The van der Waals surface area contributed by atoms with Gasteiger partial charge in [-0.1, -0.05) is 13.8 Å². The molecule has 1 saturated heterocycles. The Balaban J connectivity index is 1.98. The highest BCUT2D eigenvalue weighted by atomic mass is 32.1. The number of hydrogen-bond donors (Lipinski definition) is 1. The molecule has 0 aromatic carbocycles. The second-order valence-corrected chi connectivity index (χ2v) is 6.95. The van der Waals surface area contributed by atoms with Gasteiger partial charge in [0, 0.05) is 38.6 Å². The van der Waals surface area contributed by atoms with Crippen molar-refractivity contribution in [3.63, 3.8) is 0 Å². The molecule has 1 aliphatic rings. The van der Waals surface area contributed by atoms with E-state index in [1.807, 2.05) is 0 Å². The Bertz CT molecular complexity index is 437. The van der Waals surface area contributed by atoms with Crippen molar-refractivity contribution in [2.75, 3.05) is 39.8 Å². The van der Waals surface area contributed by atoms with Crippen LogP contribution in [0.25, 0.3) is 0 Å². The maximum Gasteiger partial charge on any atom is 0.223 e. The monoisotopic (exact) mass is 323 g/mol. The molecule has 0 aliphatic carbocycles. The lowest BCUT2D eigenvalue weighted by molar-refractivity contribution is -0.125. The fourth-order valence-corrected chi connectivity index (χ4v) is 3.76. The summed E-state index contributed by atoms with van der Waals surface area (Å²) in [5.74, 6) is 0.356. The fourth-order valence-electron chi connectivity index (χ4n) is 3.06. The summed E-state index contributed by atoms with van der Waals surface area (Å²) < 4.78 is 0. The molecule has 22 heavy (non-hydrogen) atoms. The average molecular weight is 324 g/mol. The van der Waals surface area contributed by atoms with E-state index in [-0.39, 0.29) is 11.8 Å². The maximum atomic E-state index is 12.3. The van der Waals surface area contributed by atoms with Gasteiger partial charge in [0.1, 0.15) is 0 Å². The zero-order valence-electron chi connectivity index (χ0n) is 14.0. The first-order valence-corrected chi connectivity index (χ1v) is 9.32. The van der Waals surface area contributed by atoms with Crippen LogP contribution in [0.2, 0.25) is 0 Å². The van der Waals surface area contributed by atoms with Gasteiger partial charge in [-0.2, -0.15) is 11.3 Å². The molecule has 2 rings (SSSR count). The van der Waals surface area contributed by atoms with Gasteiger partial charge in [-0.3, -0.25) is 9.69 Å². The van der Waals surface area contributed by atoms with Crippen molar-refractivity contribution >= 4 is 17.2 Å². The lowest BCUT2D eigenvalue weighted by atomic mass is 10.0. The second-order valence-electron chi connectivity index (χ2n) is 6.17. The summed E-state index contributed by atoms with van der Waals surface area (Å²) in [5.41, 5.74) is 1.33. The van der Waals surface area contributed by atoms with E-state index in [9.17, 15) is 4.79 Å². The summed E-state index contributed by atoms with van der Waals surface area (Å²) in [6.45, 7) is 9.23. The minimum Gasteiger partial charge on any atom is -0.354 e. The van der Waals surface area contributed by atoms with Crippen LogP contribution >= 0.6 is 11.3 Å². The molecule has 0 saturated carbocycles. The molecule has 1 amide bonds. The van der Waals surface area contributed by atoms with Crippen LogP contribution < -0.4 is 5.32 Å². The Morgan fingerprint density at radius 3 is 2.50 bits per heavy atom. The molecule has 2 heterocycles. The van der Waals surface area contributed by atoms with Crippen LogP contribution in [0.4, 0.5) is 0 Å². The van der Waals surface area contributed by atoms with Crippen molar-refractivity contribution in [3.8, 4) is 0 Å². The summed E-state index contributed by atoms with van der Waals surface area (Å²) >= 11 is 1.73. The van der Waals surface area contributed by atoms with E-state index in [0.29, 0.717) is 6.04 Å². The van der Waals surface area contributed by atoms with Crippen molar-refractivity contribution in [1.82, 2.24) is 15.1 Å². The molecule has 0 unspecified atom stereocenters. The molecular formula is C17H29N3OS. The Hall–Kier alpha value is -0.910. The predicted molar refractivity (Wildman–Crippen MR) is 93.2 cm³/mol. The van der Waals surface area contributed by atoms with Crippen molar-refractivity contribution in [2.24, 2.45) is 5.92 Å². The third kappa shape index (κ3) is 4.54. The summed E-state index contributed by atoms with van der Waals surface area (Å²) in [6.07, 6.45) is 1.83. The number of nitrogens with zero attached hydrogens (tertiary/aromatic N) is 2. The molecular weight excluding hydrogens is 294 g/mol. The van der Waals surface area contributed by atoms with Gasteiger partial charge in [-0.25, -0.2) is 0 Å². The molecule has 124 valence electrons. The minimum absolute atomic E-state index is 0.149. The van der Waals surface area contributed by atoms with E-state index in [4.69, 9.17) is 0 Å². The smallest absolute Gasteiger partial charge is 0.223 e. The van der Waals surface area contributed by atoms with Gasteiger partial charge in [0.05, 0.1) is 6.04 Å². The normalized spacial score (nSPS) is 18.5. The SMILES string of the molecule is CCC(CC)C(=O)NC[C@@H](c1ccsc1)N1CCN(C)CC1. The zero-order valence-corrected chi connectivity index (χ0v) is 14.9. The lowest BCUT2D eigenvalue weighted by Gasteiger charge is -2.38. The van der Waals surface area contributed by atoms with E-state index in [1.165, 1.54) is 5.56 Å². The van der Waals surface area contributed by atoms with Gasteiger partial charge in [0.2, 0.25) is 5.91 Å². The molecule has 5 heteroatoms. The molecule has 1 atom stereocenters. The highest BCUT2D eigenvalue weighted by molar-refractivity contribution is 7.07. The topological polar surface area (TPSA) is 35.6 Å². The van der Waals surface area contributed by atoms with Gasteiger partial charge in [-0.05, 0) is 42.3 Å². The number of piperazine rings is 1. The molecule has 1 fully saturated rings. The molecule has 0 spiro atoms. The molecule has 1 aliphatic heterocycles. The van der Waals surface area contributed by atoms with Gasteiger partial charge < -0.3 is 10.2 Å². The number of carbonyl (C=O) groups is 1. The Labute approximate surface area is 138 Å². The summed E-state index contributed by atoms with van der Waals surface area (Å²) in [4.78, 5) is 17.2. The van der Waals surface area contributed by atoms with E-state index in [1.54, 1.807) is 11.3 Å². The number of carbonyl (C=O) groups excluding carboxylic acids is 1. The zero-order chi connectivity index (χ0) is 15.9. The van der Waals surface area contributed by atoms with Gasteiger partial charge >= 0.3 is 0 Å². The third-order valence-corrected chi connectivity index (χ3v) is 5.43. The minimum atomic E-state index is 0.149. The van der Waals surface area contributed by atoms with Crippen LogP contribution in [0.5, 0.6) is 0 Å². The van der Waals surface area contributed by atoms with E-state index >= 15 is 0 Å². The van der Waals surface area contributed by atoms with Gasteiger partial charge in [-0.15, -0.1) is 0 Å². The third-order valence-electron chi connectivity index (χ3n) is 4.73. The summed E-state index contributed by atoms with van der Waals surface area (Å²) in [6, 6.07) is 2.50. The maximum absolute atomic E-state index is 12.3. The van der Waals surface area contributed by atoms with Crippen LogP contribution in [0.1, 0.15) is 38.3 Å². The van der Waals surface area contributed by atoms with Crippen molar-refractivity contribution in [2.45, 2.75) is 32.7 Å². The first-order chi connectivity index (χ1) is 10.7. The van der Waals surface area contributed by atoms with Crippen LogP contribution in [0.15, 0.2) is 16.8 Å². The average Bonchev–Trinajstić information content (AvgIpc) is 3.04. The summed E-state index contributed by atoms with van der Waals surface area (Å²) in [5, 5.41) is 7.53. The van der Waals surface area contributed by atoms with Crippen molar-refractivity contribution in [3.05, 3.63) is 22.4 Å². The lowest BCUT2D eigenvalue weighted by Crippen LogP contribution is -2.48. The summed E-state index contributed by atoms with van der Waals surface area (Å²) in [7, 11) is 2.17. The Morgan fingerprint density at radius 2 is 1.95 bits per heavy atom. The van der Waals surface area contributed by atoms with Crippen molar-refractivity contribution < 1.29 is 4.79 Å². The Morgan fingerprint density at radius 1 is 1.27 bits per heavy atom. The highest BCUT2D eigenvalue weighted by Crippen LogP contribution is 2.24. The van der Waals surface area contributed by atoms with Crippen LogP contribution in [0.3, 0.4) is 0 Å². The van der Waals surface area contributed by atoms with Crippen LogP contribution in [0, 0.1) is 5.92 Å². The van der Waals surface area contributed by atoms with E-state index in [2.05, 4.69) is 52.8 Å². The molecule has 0 radical (unpaired) electrons. The van der Waals surface area contributed by atoms with E-state index in [0.717, 1.165) is 45.6 Å².